The maximum atomic E-state index is 12.0. The molecule has 7 nitrogen and oxygen atoms in total. The highest BCUT2D eigenvalue weighted by atomic mass is 16.7. The first-order valence-corrected chi connectivity index (χ1v) is 6.62. The summed E-state index contributed by atoms with van der Waals surface area (Å²) in [6.07, 6.45) is -0.534. The fourth-order valence-electron chi connectivity index (χ4n) is 1.85. The molecule has 1 atom stereocenters. The van der Waals surface area contributed by atoms with Crippen molar-refractivity contribution < 1.29 is 28.6 Å². The van der Waals surface area contributed by atoms with E-state index in [1.165, 1.54) is 4.90 Å². The molecule has 1 aliphatic rings. The summed E-state index contributed by atoms with van der Waals surface area (Å²) in [5, 5.41) is 0. The van der Waals surface area contributed by atoms with Crippen molar-refractivity contribution in [3.05, 3.63) is 0 Å². The van der Waals surface area contributed by atoms with Crippen molar-refractivity contribution in [3.8, 4) is 0 Å². The molecule has 0 aliphatic carbocycles. The lowest BCUT2D eigenvalue weighted by Gasteiger charge is -2.27. The third kappa shape index (κ3) is 4.71. The summed E-state index contributed by atoms with van der Waals surface area (Å²) < 4.78 is 14.3. The van der Waals surface area contributed by atoms with Gasteiger partial charge in [-0.25, -0.2) is 14.4 Å². The second kappa shape index (κ2) is 6.58. The molecule has 1 amide bonds. The van der Waals surface area contributed by atoms with E-state index in [0.29, 0.717) is 19.4 Å². The Morgan fingerprint density at radius 2 is 1.90 bits per heavy atom. The molecule has 0 spiro atoms. The van der Waals surface area contributed by atoms with Crippen LogP contribution in [0.4, 0.5) is 9.59 Å². The minimum Gasteiger partial charge on any atom is -0.444 e. The van der Waals surface area contributed by atoms with Gasteiger partial charge in [0.05, 0.1) is 6.61 Å². The average Bonchev–Trinajstić information content (AvgIpc) is 2.75. The summed E-state index contributed by atoms with van der Waals surface area (Å²) in [5.74, 6) is -0.785. The van der Waals surface area contributed by atoms with Crippen LogP contribution in [0, 0.1) is 0 Å². The molecule has 0 saturated carbocycles. The maximum Gasteiger partial charge on any atom is 0.516 e. The van der Waals surface area contributed by atoms with Crippen molar-refractivity contribution in [1.29, 1.82) is 0 Å². The largest absolute Gasteiger partial charge is 0.516 e. The van der Waals surface area contributed by atoms with Crippen molar-refractivity contribution in [3.63, 3.8) is 0 Å². The van der Waals surface area contributed by atoms with Gasteiger partial charge < -0.3 is 14.2 Å². The summed E-state index contributed by atoms with van der Waals surface area (Å²) in [4.78, 5) is 36.2. The van der Waals surface area contributed by atoms with Gasteiger partial charge in [0.2, 0.25) is 0 Å². The average molecular weight is 287 g/mol. The molecule has 0 N–H and O–H groups in total. The van der Waals surface area contributed by atoms with Crippen LogP contribution in [0.15, 0.2) is 0 Å². The van der Waals surface area contributed by atoms with Crippen LogP contribution in [0.5, 0.6) is 0 Å². The smallest absolute Gasteiger partial charge is 0.444 e. The fraction of sp³-hybridized carbons (Fsp3) is 0.769. The second-order valence-corrected chi connectivity index (χ2v) is 5.44. The van der Waals surface area contributed by atoms with Crippen LogP contribution in [0.3, 0.4) is 0 Å². The SMILES string of the molecule is CCOC(=O)OC(=O)[C@@H]1CCCN1C(=O)OC(C)(C)C. The topological polar surface area (TPSA) is 82.1 Å². The molecule has 0 unspecified atom stereocenters. The summed E-state index contributed by atoms with van der Waals surface area (Å²) in [6, 6.07) is -0.797. The van der Waals surface area contributed by atoms with E-state index in [2.05, 4.69) is 9.47 Å². The second-order valence-electron chi connectivity index (χ2n) is 5.44. The summed E-state index contributed by atoms with van der Waals surface area (Å²) in [6.45, 7) is 7.35. The number of hydrogen-bond donors (Lipinski definition) is 0. The Bertz CT molecular complexity index is 387. The number of amides is 1. The number of esters is 1. The Kier molecular flexibility index (Phi) is 5.35. The molecule has 0 radical (unpaired) electrons. The summed E-state index contributed by atoms with van der Waals surface area (Å²) in [5.41, 5.74) is -0.644. The summed E-state index contributed by atoms with van der Waals surface area (Å²) >= 11 is 0. The molecule has 1 aliphatic heterocycles. The lowest BCUT2D eigenvalue weighted by atomic mass is 10.2. The molecule has 1 saturated heterocycles. The molecule has 0 bridgehead atoms. The summed E-state index contributed by atoms with van der Waals surface area (Å²) in [7, 11) is 0. The van der Waals surface area contributed by atoms with E-state index in [1.54, 1.807) is 27.7 Å². The van der Waals surface area contributed by atoms with Crippen molar-refractivity contribution in [2.75, 3.05) is 13.2 Å². The molecule has 1 fully saturated rings. The molecular formula is C13H21NO6. The lowest BCUT2D eigenvalue weighted by Crippen LogP contribution is -2.44. The van der Waals surface area contributed by atoms with Gasteiger partial charge >= 0.3 is 18.2 Å². The normalized spacial score (nSPS) is 18.6. The Labute approximate surface area is 118 Å². The Morgan fingerprint density at radius 3 is 2.45 bits per heavy atom. The fourth-order valence-corrected chi connectivity index (χ4v) is 1.85. The van der Waals surface area contributed by atoms with Crippen molar-refractivity contribution in [2.45, 2.75) is 52.2 Å². The van der Waals surface area contributed by atoms with Crippen LogP contribution in [-0.2, 0) is 19.0 Å². The molecule has 0 aromatic heterocycles. The van der Waals surface area contributed by atoms with E-state index >= 15 is 0 Å². The van der Waals surface area contributed by atoms with Crippen molar-refractivity contribution in [2.24, 2.45) is 0 Å². The van der Waals surface area contributed by atoms with E-state index < -0.39 is 29.9 Å². The van der Waals surface area contributed by atoms with E-state index in [9.17, 15) is 14.4 Å². The van der Waals surface area contributed by atoms with Crippen LogP contribution < -0.4 is 0 Å². The first kappa shape index (κ1) is 16.3. The number of hydrogen-bond acceptors (Lipinski definition) is 6. The van der Waals surface area contributed by atoms with Gasteiger partial charge in [0.25, 0.3) is 0 Å². The zero-order valence-corrected chi connectivity index (χ0v) is 12.3. The number of likely N-dealkylation sites (tertiary alicyclic amines) is 1. The molecule has 0 aromatic carbocycles. The first-order chi connectivity index (χ1) is 9.24. The van der Waals surface area contributed by atoms with Crippen LogP contribution in [0.25, 0.3) is 0 Å². The van der Waals surface area contributed by atoms with Gasteiger partial charge in [-0.15, -0.1) is 0 Å². The van der Waals surface area contributed by atoms with Gasteiger partial charge in [0.1, 0.15) is 11.6 Å². The third-order valence-corrected chi connectivity index (χ3v) is 2.60. The van der Waals surface area contributed by atoms with Gasteiger partial charge in [-0.1, -0.05) is 0 Å². The van der Waals surface area contributed by atoms with E-state index in [4.69, 9.17) is 4.74 Å². The van der Waals surface area contributed by atoms with E-state index in [0.717, 1.165) is 0 Å². The van der Waals surface area contributed by atoms with Gasteiger partial charge in [-0.2, -0.15) is 0 Å². The Morgan fingerprint density at radius 1 is 1.25 bits per heavy atom. The molecule has 7 heteroatoms. The number of rotatable bonds is 2. The maximum absolute atomic E-state index is 12.0. The quantitative estimate of drug-likeness (QED) is 0.571. The van der Waals surface area contributed by atoms with Crippen molar-refractivity contribution >= 4 is 18.2 Å². The number of carbonyl (C=O) groups is 3. The number of nitrogens with zero attached hydrogens (tertiary/aromatic N) is 1. The zero-order valence-electron chi connectivity index (χ0n) is 12.3. The van der Waals surface area contributed by atoms with Crippen LogP contribution in [0.2, 0.25) is 0 Å². The number of carbonyl (C=O) groups excluding carboxylic acids is 3. The number of ether oxygens (including phenoxy) is 3. The minimum absolute atomic E-state index is 0.118. The third-order valence-electron chi connectivity index (χ3n) is 2.60. The molecule has 20 heavy (non-hydrogen) atoms. The highest BCUT2D eigenvalue weighted by Crippen LogP contribution is 2.21. The van der Waals surface area contributed by atoms with Gasteiger partial charge in [0, 0.05) is 6.54 Å². The first-order valence-electron chi connectivity index (χ1n) is 6.62. The van der Waals surface area contributed by atoms with Crippen LogP contribution in [0.1, 0.15) is 40.5 Å². The lowest BCUT2D eigenvalue weighted by molar-refractivity contribution is -0.144. The van der Waals surface area contributed by atoms with E-state index in [-0.39, 0.29) is 6.61 Å². The van der Waals surface area contributed by atoms with Gasteiger partial charge in [-0.05, 0) is 40.5 Å². The predicted octanol–water partition coefficient (Wildman–Crippen LogP) is 2.09. The monoisotopic (exact) mass is 287 g/mol. The minimum atomic E-state index is -1.05. The van der Waals surface area contributed by atoms with Crippen LogP contribution >= 0.6 is 0 Å². The molecule has 114 valence electrons. The highest BCUT2D eigenvalue weighted by Gasteiger charge is 2.38. The highest BCUT2D eigenvalue weighted by molar-refractivity contribution is 5.88. The standard InChI is InChI=1S/C13H21NO6/c1-5-18-12(17)19-10(15)9-7-6-8-14(9)11(16)20-13(2,3)4/h9H,5-8H2,1-4H3/t9-/m0/s1. The molecule has 1 heterocycles. The predicted molar refractivity (Wildman–Crippen MR) is 69.1 cm³/mol. The zero-order chi connectivity index (χ0) is 15.3. The van der Waals surface area contributed by atoms with Gasteiger partial charge in [0.15, 0.2) is 0 Å². The molecule has 1 rings (SSSR count). The van der Waals surface area contributed by atoms with Crippen LogP contribution in [-0.4, -0.2) is 47.9 Å². The van der Waals surface area contributed by atoms with E-state index in [1.807, 2.05) is 0 Å². The molecule has 0 aromatic rings. The van der Waals surface area contributed by atoms with Gasteiger partial charge in [-0.3, -0.25) is 4.90 Å². The Hall–Kier alpha value is -1.79. The Balaban J connectivity index is 2.62. The van der Waals surface area contributed by atoms with Crippen molar-refractivity contribution in [1.82, 2.24) is 4.90 Å². The molecular weight excluding hydrogens is 266 g/mol.